The first kappa shape index (κ1) is 9.96. The molecule has 0 aromatic carbocycles. The summed E-state index contributed by atoms with van der Waals surface area (Å²) in [6.07, 6.45) is 0. The topological polar surface area (TPSA) is 26.3 Å². The standard InChI is InChI=1S/C4H3ClI2O2/c5-4(7)3(6)1-9-2-8/h2H,1H2/b4-3+. The molecule has 0 heterocycles. The highest BCUT2D eigenvalue weighted by Crippen LogP contribution is 2.22. The van der Waals surface area contributed by atoms with Crippen LogP contribution in [0.5, 0.6) is 0 Å². The Hall–Kier alpha value is 0.960. The normalized spacial score (nSPS) is 12.3. The Morgan fingerprint density at radius 1 is 1.67 bits per heavy atom. The van der Waals surface area contributed by atoms with E-state index in [2.05, 4.69) is 4.74 Å². The molecule has 0 aromatic rings. The van der Waals surface area contributed by atoms with Crippen LogP contribution in [0.25, 0.3) is 0 Å². The van der Waals surface area contributed by atoms with Crippen molar-refractivity contribution in [2.45, 2.75) is 0 Å². The Morgan fingerprint density at radius 3 is 2.56 bits per heavy atom. The second-order valence-corrected chi connectivity index (χ2v) is 4.47. The molecule has 0 spiro atoms. The van der Waals surface area contributed by atoms with Gasteiger partial charge in [-0.1, -0.05) is 11.6 Å². The molecule has 0 aliphatic rings. The fourth-order valence-corrected chi connectivity index (χ4v) is 0.552. The third-order valence-electron chi connectivity index (χ3n) is 0.483. The molecule has 0 aliphatic heterocycles. The van der Waals surface area contributed by atoms with E-state index in [-0.39, 0.29) is 6.61 Å². The van der Waals surface area contributed by atoms with Gasteiger partial charge in [0.05, 0.1) is 6.62 Å². The Balaban J connectivity index is 3.62. The predicted molar refractivity (Wildman–Crippen MR) is 52.9 cm³/mol. The monoisotopic (exact) mass is 372 g/mol. The molecule has 0 aliphatic carbocycles. The van der Waals surface area contributed by atoms with Crippen molar-refractivity contribution >= 4 is 63.3 Å². The van der Waals surface area contributed by atoms with Crippen LogP contribution < -0.4 is 0 Å². The first-order valence-corrected chi connectivity index (χ1v) is 4.47. The van der Waals surface area contributed by atoms with E-state index in [0.717, 1.165) is 3.58 Å². The van der Waals surface area contributed by atoms with E-state index >= 15 is 0 Å². The highest BCUT2D eigenvalue weighted by molar-refractivity contribution is 14.1. The van der Waals surface area contributed by atoms with Crippen molar-refractivity contribution in [3.8, 4) is 0 Å². The first-order valence-electron chi connectivity index (χ1n) is 1.93. The Labute approximate surface area is 85.2 Å². The molecule has 0 unspecified atom stereocenters. The summed E-state index contributed by atoms with van der Waals surface area (Å²) in [5.41, 5.74) is 0. The Kier molecular flexibility index (Phi) is 6.33. The van der Waals surface area contributed by atoms with E-state index in [1.54, 1.807) is 0 Å². The van der Waals surface area contributed by atoms with Crippen LogP contribution >= 0.6 is 56.8 Å². The third kappa shape index (κ3) is 5.41. The average Bonchev–Trinajstić information content (AvgIpc) is 1.82. The molecular weight excluding hydrogens is 369 g/mol. The summed E-state index contributed by atoms with van der Waals surface area (Å²) in [5.74, 6) is 0. The fourth-order valence-electron chi connectivity index (χ4n) is 0.162. The molecule has 0 bridgehead atoms. The van der Waals surface area contributed by atoms with Crippen LogP contribution in [0.1, 0.15) is 0 Å². The quantitative estimate of drug-likeness (QED) is 0.562. The van der Waals surface area contributed by atoms with Gasteiger partial charge in [0.2, 0.25) is 0 Å². The van der Waals surface area contributed by atoms with Crippen molar-refractivity contribution in [2.24, 2.45) is 0 Å². The van der Waals surface area contributed by atoms with Crippen molar-refractivity contribution in [1.82, 2.24) is 0 Å². The van der Waals surface area contributed by atoms with Gasteiger partial charge in [-0.2, -0.15) is 0 Å². The highest BCUT2D eigenvalue weighted by Gasteiger charge is 1.95. The van der Waals surface area contributed by atoms with E-state index in [9.17, 15) is 4.79 Å². The van der Waals surface area contributed by atoms with Gasteiger partial charge in [-0.25, -0.2) is 0 Å². The van der Waals surface area contributed by atoms with Crippen molar-refractivity contribution in [1.29, 1.82) is 0 Å². The maximum atomic E-state index is 9.64. The van der Waals surface area contributed by atoms with Crippen LogP contribution in [-0.4, -0.2) is 13.1 Å². The zero-order valence-corrected chi connectivity index (χ0v) is 9.31. The second kappa shape index (κ2) is 5.72. The van der Waals surface area contributed by atoms with Crippen LogP contribution in [0.3, 0.4) is 0 Å². The van der Waals surface area contributed by atoms with Gasteiger partial charge < -0.3 is 4.74 Å². The minimum atomic E-state index is 0.270. The minimum Gasteiger partial charge on any atom is -0.462 e. The zero-order chi connectivity index (χ0) is 7.28. The molecule has 9 heavy (non-hydrogen) atoms. The summed E-state index contributed by atoms with van der Waals surface area (Å²) in [7, 11) is 0. The van der Waals surface area contributed by atoms with Gasteiger partial charge in [-0.15, -0.1) is 0 Å². The summed E-state index contributed by atoms with van der Waals surface area (Å²) in [4.78, 5) is 9.64. The van der Waals surface area contributed by atoms with Crippen molar-refractivity contribution in [2.75, 3.05) is 6.61 Å². The lowest BCUT2D eigenvalue weighted by Gasteiger charge is -1.95. The fraction of sp³-hybridized carbons (Fsp3) is 0.250. The smallest absolute Gasteiger partial charge is 0.293 e. The third-order valence-corrected chi connectivity index (χ3v) is 3.56. The van der Waals surface area contributed by atoms with Crippen LogP contribution in [0.2, 0.25) is 0 Å². The largest absolute Gasteiger partial charge is 0.462 e. The number of rotatable bonds is 3. The number of hydrogen-bond donors (Lipinski definition) is 0. The summed E-state index contributed by atoms with van der Waals surface area (Å²) in [5, 5.41) is 0. The molecule has 0 atom stereocenters. The number of carbonyl (C=O) groups is 1. The van der Waals surface area contributed by atoms with E-state index in [1.807, 2.05) is 45.2 Å². The van der Waals surface area contributed by atoms with Gasteiger partial charge in [-0.05, 0) is 45.2 Å². The van der Waals surface area contributed by atoms with Crippen molar-refractivity contribution in [3.05, 3.63) is 6.62 Å². The minimum absolute atomic E-state index is 0.270. The van der Waals surface area contributed by atoms with Crippen LogP contribution in [-0.2, 0) is 9.53 Å². The highest BCUT2D eigenvalue weighted by atomic mass is 127. The van der Waals surface area contributed by atoms with Crippen LogP contribution in [0.4, 0.5) is 0 Å². The summed E-state index contributed by atoms with van der Waals surface area (Å²) >= 11 is 9.49. The van der Waals surface area contributed by atoms with Crippen LogP contribution in [0.15, 0.2) is 6.62 Å². The maximum Gasteiger partial charge on any atom is 0.293 e. The second-order valence-electron chi connectivity index (χ2n) is 1.07. The molecule has 0 aromatic heterocycles. The maximum absolute atomic E-state index is 9.64. The predicted octanol–water partition coefficient (Wildman–Crippen LogP) is 2.44. The Bertz CT molecular complexity index is 131. The van der Waals surface area contributed by atoms with Gasteiger partial charge in [0.1, 0.15) is 6.61 Å². The van der Waals surface area contributed by atoms with Gasteiger partial charge in [0.25, 0.3) is 6.47 Å². The lowest BCUT2D eigenvalue weighted by atomic mass is 10.7. The number of hydrogen-bond acceptors (Lipinski definition) is 2. The molecule has 0 fully saturated rings. The van der Waals surface area contributed by atoms with Gasteiger partial charge in [0, 0.05) is 0 Å². The molecule has 2 nitrogen and oxygen atoms in total. The van der Waals surface area contributed by atoms with E-state index in [4.69, 9.17) is 11.6 Å². The molecule has 0 radical (unpaired) electrons. The lowest BCUT2D eigenvalue weighted by Crippen LogP contribution is -1.90. The number of halogens is 3. The summed E-state index contributed by atoms with van der Waals surface area (Å²) in [6.45, 7) is 0.668. The van der Waals surface area contributed by atoms with E-state index in [0.29, 0.717) is 9.51 Å². The van der Waals surface area contributed by atoms with Crippen LogP contribution in [0, 0.1) is 0 Å². The molecule has 0 saturated carbocycles. The van der Waals surface area contributed by atoms with Gasteiger partial charge in [0.15, 0.2) is 0 Å². The van der Waals surface area contributed by atoms with E-state index < -0.39 is 0 Å². The van der Waals surface area contributed by atoms with E-state index in [1.165, 1.54) is 0 Å². The molecule has 0 saturated heterocycles. The number of carbonyl (C=O) groups excluding carboxylic acids is 1. The molecule has 52 valence electrons. The Morgan fingerprint density at radius 2 is 2.22 bits per heavy atom. The average molecular weight is 372 g/mol. The molecule has 0 amide bonds. The molecule has 0 rings (SSSR count). The molecule has 0 N–H and O–H groups in total. The molecule has 5 heteroatoms. The SMILES string of the molecule is O=COC/C(I)=C(/Cl)I. The lowest BCUT2D eigenvalue weighted by molar-refractivity contribution is -0.127. The summed E-state index contributed by atoms with van der Waals surface area (Å²) < 4.78 is 5.89. The number of ether oxygens (including phenoxy) is 1. The van der Waals surface area contributed by atoms with Gasteiger partial charge >= 0.3 is 0 Å². The first-order chi connectivity index (χ1) is 4.18. The van der Waals surface area contributed by atoms with Gasteiger partial charge in [-0.3, -0.25) is 4.79 Å². The summed E-state index contributed by atoms with van der Waals surface area (Å²) in [6, 6.07) is 0. The zero-order valence-electron chi connectivity index (χ0n) is 4.23. The van der Waals surface area contributed by atoms with Crippen molar-refractivity contribution < 1.29 is 9.53 Å². The van der Waals surface area contributed by atoms with Crippen molar-refractivity contribution in [3.63, 3.8) is 0 Å². The molecular formula is C4H3ClI2O2.